The molecule has 1 fully saturated rings. The van der Waals surface area contributed by atoms with Gasteiger partial charge in [-0.05, 0) is 36.8 Å². The number of halogens is 1. The summed E-state index contributed by atoms with van der Waals surface area (Å²) in [5.74, 6) is 0. The Morgan fingerprint density at radius 2 is 2.04 bits per heavy atom. The average Bonchev–Trinajstić information content (AvgIpc) is 2.99. The van der Waals surface area contributed by atoms with E-state index in [1.165, 1.54) is 12.1 Å². The number of likely N-dealkylation sites (tertiary alicyclic amines) is 1. The third-order valence-corrected chi connectivity index (χ3v) is 5.07. The Labute approximate surface area is 154 Å². The Balaban J connectivity index is 1.48. The van der Waals surface area contributed by atoms with Crippen LogP contribution in [0.5, 0.6) is 0 Å². The fraction of sp³-hybridized carbons (Fsp3) is 0.316. The van der Waals surface area contributed by atoms with Gasteiger partial charge in [-0.2, -0.15) is 0 Å². The van der Waals surface area contributed by atoms with Crippen molar-refractivity contribution >= 4 is 34.6 Å². The summed E-state index contributed by atoms with van der Waals surface area (Å²) in [5, 5.41) is 8.08. The zero-order valence-electron chi connectivity index (χ0n) is 13.8. The molecule has 0 amide bonds. The number of anilines is 1. The topological polar surface area (TPSA) is 28.5 Å². The molecule has 0 aliphatic carbocycles. The summed E-state index contributed by atoms with van der Waals surface area (Å²) >= 11 is 11.6. The zero-order valence-corrected chi connectivity index (χ0v) is 15.4. The molecule has 1 saturated heterocycles. The van der Waals surface area contributed by atoms with Crippen LogP contribution in [0.1, 0.15) is 17.5 Å². The lowest BCUT2D eigenvalue weighted by Gasteiger charge is -2.16. The first-order chi connectivity index (χ1) is 11.6. The van der Waals surface area contributed by atoms with Crippen LogP contribution in [0.25, 0.3) is 0 Å². The van der Waals surface area contributed by atoms with Crippen LogP contribution in [-0.2, 0) is 6.54 Å². The van der Waals surface area contributed by atoms with Gasteiger partial charge in [-0.15, -0.1) is 0 Å². The Morgan fingerprint density at radius 1 is 1.25 bits per heavy atom. The van der Waals surface area contributed by atoms with Crippen LogP contribution in [0.4, 0.5) is 5.69 Å². The van der Waals surface area contributed by atoms with Crippen molar-refractivity contribution in [3.63, 3.8) is 0 Å². The molecule has 1 aliphatic heterocycles. The Morgan fingerprint density at radius 3 is 2.79 bits per heavy atom. The van der Waals surface area contributed by atoms with Gasteiger partial charge in [-0.25, -0.2) is 0 Å². The lowest BCUT2D eigenvalue weighted by molar-refractivity contribution is -0.901. The van der Waals surface area contributed by atoms with Gasteiger partial charge in [0.05, 0.1) is 19.1 Å². The quantitative estimate of drug-likeness (QED) is 0.732. The fourth-order valence-electron chi connectivity index (χ4n) is 3.12. The molecule has 0 bridgehead atoms. The molecule has 2 aromatic carbocycles. The summed E-state index contributed by atoms with van der Waals surface area (Å²) < 4.78 is 0. The second-order valence-corrected chi connectivity index (χ2v) is 7.23. The summed E-state index contributed by atoms with van der Waals surface area (Å²) in [6.07, 6.45) is 1.14. The van der Waals surface area contributed by atoms with Gasteiger partial charge in [0.2, 0.25) is 0 Å². The van der Waals surface area contributed by atoms with Crippen molar-refractivity contribution in [1.29, 1.82) is 0 Å². The van der Waals surface area contributed by atoms with Gasteiger partial charge in [-0.1, -0.05) is 48.0 Å². The van der Waals surface area contributed by atoms with Crippen LogP contribution < -0.4 is 15.5 Å². The maximum atomic E-state index is 6.16. The third-order valence-electron chi connectivity index (χ3n) is 4.44. The molecule has 24 heavy (non-hydrogen) atoms. The molecule has 1 aliphatic rings. The van der Waals surface area contributed by atoms with Crippen molar-refractivity contribution < 1.29 is 4.90 Å². The van der Waals surface area contributed by atoms with Gasteiger partial charge >= 0.3 is 0 Å². The van der Waals surface area contributed by atoms with Crippen molar-refractivity contribution in [3.8, 4) is 0 Å². The maximum absolute atomic E-state index is 6.16. The smallest absolute Gasteiger partial charge is 0.171 e. The number of rotatable bonds is 4. The summed E-state index contributed by atoms with van der Waals surface area (Å²) in [7, 11) is 0. The van der Waals surface area contributed by atoms with Crippen LogP contribution in [-0.4, -0.2) is 24.2 Å². The van der Waals surface area contributed by atoms with Crippen molar-refractivity contribution in [3.05, 3.63) is 64.7 Å². The third kappa shape index (κ3) is 4.69. The van der Waals surface area contributed by atoms with Crippen LogP contribution >= 0.6 is 23.8 Å². The van der Waals surface area contributed by atoms with Crippen LogP contribution in [0.2, 0.25) is 5.02 Å². The molecule has 3 nitrogen and oxygen atoms in total. The minimum absolute atomic E-state index is 0.421. The van der Waals surface area contributed by atoms with Gasteiger partial charge in [0.1, 0.15) is 6.54 Å². The van der Waals surface area contributed by atoms with Gasteiger partial charge in [-0.3, -0.25) is 0 Å². The van der Waals surface area contributed by atoms with E-state index >= 15 is 0 Å². The van der Waals surface area contributed by atoms with Crippen molar-refractivity contribution in [2.75, 3.05) is 18.4 Å². The maximum Gasteiger partial charge on any atom is 0.171 e. The van der Waals surface area contributed by atoms with E-state index in [4.69, 9.17) is 23.8 Å². The van der Waals surface area contributed by atoms with E-state index in [0.717, 1.165) is 35.8 Å². The summed E-state index contributed by atoms with van der Waals surface area (Å²) in [6.45, 7) is 5.33. The number of benzene rings is 2. The zero-order chi connectivity index (χ0) is 16.9. The lowest BCUT2D eigenvalue weighted by atomic mass is 10.2. The molecular formula is C19H23ClN3S+. The molecular weight excluding hydrogens is 338 g/mol. The van der Waals surface area contributed by atoms with E-state index in [-0.39, 0.29) is 0 Å². The Bertz CT molecular complexity index is 705. The average molecular weight is 361 g/mol. The summed E-state index contributed by atoms with van der Waals surface area (Å²) in [4.78, 5) is 1.60. The van der Waals surface area contributed by atoms with E-state index < -0.39 is 0 Å². The first-order valence-corrected chi connectivity index (χ1v) is 9.10. The molecule has 2 atom stereocenters. The molecule has 3 N–H and O–H groups in total. The minimum atomic E-state index is 0.421. The molecule has 3 rings (SSSR count). The van der Waals surface area contributed by atoms with E-state index in [2.05, 4.69) is 41.0 Å². The molecule has 0 spiro atoms. The Hall–Kier alpha value is -1.62. The standard InChI is InChI=1S/C19H22ClN3S/c1-14-7-8-16(11-18(14)20)21-19(24)22-17-9-10-23(13-17)12-15-5-3-2-4-6-15/h2-8,11,17H,9-10,12-13H2,1H3,(H2,21,22,24)/p+1/t17-/m1/s1. The van der Waals surface area contributed by atoms with Gasteiger partial charge < -0.3 is 15.5 Å². The van der Waals surface area contributed by atoms with E-state index in [1.807, 2.05) is 25.1 Å². The number of thiocarbonyl (C=S) groups is 1. The minimum Gasteiger partial charge on any atom is -0.354 e. The predicted octanol–water partition coefficient (Wildman–Crippen LogP) is 2.79. The highest BCUT2D eigenvalue weighted by molar-refractivity contribution is 7.80. The number of hydrogen-bond donors (Lipinski definition) is 3. The van der Waals surface area contributed by atoms with Crippen LogP contribution in [0, 0.1) is 6.92 Å². The normalized spacial score (nSPS) is 19.9. The lowest BCUT2D eigenvalue weighted by Crippen LogP contribution is -3.09. The van der Waals surface area contributed by atoms with Crippen molar-refractivity contribution in [1.82, 2.24) is 5.32 Å². The van der Waals surface area contributed by atoms with Gasteiger partial charge in [0, 0.05) is 22.7 Å². The second kappa shape index (κ2) is 7.97. The highest BCUT2D eigenvalue weighted by Crippen LogP contribution is 2.19. The number of quaternary nitrogens is 1. The molecule has 0 aromatic heterocycles. The highest BCUT2D eigenvalue weighted by atomic mass is 35.5. The monoisotopic (exact) mass is 360 g/mol. The SMILES string of the molecule is Cc1ccc(NC(=S)N[C@@H]2CC[NH+](Cc3ccccc3)C2)cc1Cl. The number of hydrogen-bond acceptors (Lipinski definition) is 1. The molecule has 0 radical (unpaired) electrons. The predicted molar refractivity (Wildman–Crippen MR) is 105 cm³/mol. The number of nitrogens with one attached hydrogen (secondary N) is 3. The fourth-order valence-corrected chi connectivity index (χ4v) is 3.59. The Kier molecular flexibility index (Phi) is 5.72. The highest BCUT2D eigenvalue weighted by Gasteiger charge is 2.26. The first kappa shape index (κ1) is 17.2. The molecule has 126 valence electrons. The van der Waals surface area contributed by atoms with E-state index in [1.54, 1.807) is 4.90 Å². The second-order valence-electron chi connectivity index (χ2n) is 6.41. The van der Waals surface area contributed by atoms with Gasteiger partial charge in [0.15, 0.2) is 5.11 Å². The van der Waals surface area contributed by atoms with Crippen molar-refractivity contribution in [2.45, 2.75) is 25.9 Å². The first-order valence-electron chi connectivity index (χ1n) is 8.31. The van der Waals surface area contributed by atoms with Gasteiger partial charge in [0.25, 0.3) is 0 Å². The molecule has 5 heteroatoms. The van der Waals surface area contributed by atoms with E-state index in [9.17, 15) is 0 Å². The number of aryl methyl sites for hydroxylation is 1. The molecule has 0 saturated carbocycles. The van der Waals surface area contributed by atoms with Crippen LogP contribution in [0.3, 0.4) is 0 Å². The van der Waals surface area contributed by atoms with Crippen molar-refractivity contribution in [2.24, 2.45) is 0 Å². The largest absolute Gasteiger partial charge is 0.354 e. The van der Waals surface area contributed by atoms with E-state index in [0.29, 0.717) is 11.2 Å². The summed E-state index contributed by atoms with van der Waals surface area (Å²) in [6, 6.07) is 17.0. The summed E-state index contributed by atoms with van der Waals surface area (Å²) in [5.41, 5.74) is 3.38. The molecule has 1 heterocycles. The van der Waals surface area contributed by atoms with Crippen LogP contribution in [0.15, 0.2) is 48.5 Å². The molecule has 1 unspecified atom stereocenters. The molecule has 2 aromatic rings.